The normalized spacial score (nSPS) is 10.5. The number of rotatable bonds is 3. The summed E-state index contributed by atoms with van der Waals surface area (Å²) >= 11 is 5.71. The molecule has 0 spiro atoms. The molecule has 84 valence electrons. The van der Waals surface area contributed by atoms with E-state index >= 15 is 0 Å². The first kappa shape index (κ1) is 12.0. The molecule has 15 heavy (non-hydrogen) atoms. The third-order valence-electron chi connectivity index (χ3n) is 2.41. The van der Waals surface area contributed by atoms with Crippen molar-refractivity contribution in [3.63, 3.8) is 0 Å². The molecule has 0 aliphatic heterocycles. The second-order valence-electron chi connectivity index (χ2n) is 3.67. The fraction of sp³-hybridized carbons (Fsp3) is 0.600. The van der Waals surface area contributed by atoms with Crippen LogP contribution in [-0.4, -0.2) is 40.6 Å². The lowest BCUT2D eigenvalue weighted by atomic mass is 10.1. The van der Waals surface area contributed by atoms with E-state index in [9.17, 15) is 4.79 Å². The van der Waals surface area contributed by atoms with Gasteiger partial charge in [0.15, 0.2) is 5.69 Å². The topological polar surface area (TPSA) is 38.1 Å². The third kappa shape index (κ3) is 2.31. The van der Waals surface area contributed by atoms with Crippen molar-refractivity contribution in [1.82, 2.24) is 14.7 Å². The number of carbonyl (C=O) groups is 1. The Morgan fingerprint density at radius 2 is 2.13 bits per heavy atom. The highest BCUT2D eigenvalue weighted by Gasteiger charge is 2.20. The predicted octanol–water partition coefficient (Wildman–Crippen LogP) is 1.21. The highest BCUT2D eigenvalue weighted by atomic mass is 35.5. The maximum Gasteiger partial charge on any atom is 0.274 e. The SMILES string of the molecule is Cc1c(CCCl)c(C(=O)N(C)C)nn1C. The highest BCUT2D eigenvalue weighted by Crippen LogP contribution is 2.15. The van der Waals surface area contributed by atoms with Crippen LogP contribution in [0, 0.1) is 6.92 Å². The number of nitrogens with zero attached hydrogens (tertiary/aromatic N) is 3. The molecular weight excluding hydrogens is 214 g/mol. The lowest BCUT2D eigenvalue weighted by Crippen LogP contribution is -2.23. The molecule has 1 aromatic heterocycles. The largest absolute Gasteiger partial charge is 0.343 e. The lowest BCUT2D eigenvalue weighted by Gasteiger charge is -2.09. The number of halogens is 1. The molecule has 0 saturated carbocycles. The van der Waals surface area contributed by atoms with Crippen LogP contribution in [0.15, 0.2) is 0 Å². The first-order chi connectivity index (χ1) is 6.99. The number of alkyl halides is 1. The minimum absolute atomic E-state index is 0.0705. The Labute approximate surface area is 94.8 Å². The molecule has 4 nitrogen and oxygen atoms in total. The van der Waals surface area contributed by atoms with Crippen LogP contribution in [0.3, 0.4) is 0 Å². The summed E-state index contributed by atoms with van der Waals surface area (Å²) in [4.78, 5) is 13.3. The van der Waals surface area contributed by atoms with Gasteiger partial charge in [-0.3, -0.25) is 9.48 Å². The van der Waals surface area contributed by atoms with Crippen molar-refractivity contribution in [2.24, 2.45) is 7.05 Å². The van der Waals surface area contributed by atoms with Crippen molar-refractivity contribution in [1.29, 1.82) is 0 Å². The van der Waals surface area contributed by atoms with Gasteiger partial charge in [-0.2, -0.15) is 5.10 Å². The van der Waals surface area contributed by atoms with Crippen molar-refractivity contribution in [2.75, 3.05) is 20.0 Å². The minimum Gasteiger partial charge on any atom is -0.343 e. The van der Waals surface area contributed by atoms with Gasteiger partial charge >= 0.3 is 0 Å². The summed E-state index contributed by atoms with van der Waals surface area (Å²) in [5, 5.41) is 4.22. The van der Waals surface area contributed by atoms with Crippen molar-refractivity contribution in [3.05, 3.63) is 17.0 Å². The van der Waals surface area contributed by atoms with Gasteiger partial charge in [-0.15, -0.1) is 11.6 Å². The molecule has 0 aliphatic carbocycles. The molecule has 0 aliphatic rings. The van der Waals surface area contributed by atoms with Crippen molar-refractivity contribution >= 4 is 17.5 Å². The molecule has 1 aromatic rings. The Morgan fingerprint density at radius 1 is 1.53 bits per heavy atom. The molecule has 0 unspecified atom stereocenters. The number of aryl methyl sites for hydroxylation is 1. The Kier molecular flexibility index (Phi) is 3.74. The average molecular weight is 230 g/mol. The Morgan fingerprint density at radius 3 is 2.60 bits per heavy atom. The molecule has 0 N–H and O–H groups in total. The van der Waals surface area contributed by atoms with Crippen LogP contribution in [0.1, 0.15) is 21.7 Å². The van der Waals surface area contributed by atoms with E-state index in [1.54, 1.807) is 18.8 Å². The zero-order valence-corrected chi connectivity index (χ0v) is 10.3. The molecular formula is C10H16ClN3O. The molecule has 0 fully saturated rings. The van der Waals surface area contributed by atoms with Crippen LogP contribution in [0.5, 0.6) is 0 Å². The van der Waals surface area contributed by atoms with Crippen LogP contribution in [0.2, 0.25) is 0 Å². The van der Waals surface area contributed by atoms with E-state index in [2.05, 4.69) is 5.10 Å². The van der Waals surface area contributed by atoms with Crippen LogP contribution in [-0.2, 0) is 13.5 Å². The summed E-state index contributed by atoms with van der Waals surface area (Å²) < 4.78 is 1.72. The zero-order valence-electron chi connectivity index (χ0n) is 9.54. The number of hydrogen-bond donors (Lipinski definition) is 0. The molecule has 0 saturated heterocycles. The number of carbonyl (C=O) groups excluding carboxylic acids is 1. The fourth-order valence-corrected chi connectivity index (χ4v) is 1.62. The Bertz CT molecular complexity index is 371. The van der Waals surface area contributed by atoms with Crippen molar-refractivity contribution in [2.45, 2.75) is 13.3 Å². The zero-order chi connectivity index (χ0) is 11.6. The van der Waals surface area contributed by atoms with Gasteiger partial charge in [0, 0.05) is 38.3 Å². The summed E-state index contributed by atoms with van der Waals surface area (Å²) in [6.45, 7) is 1.95. The van der Waals surface area contributed by atoms with Crippen molar-refractivity contribution < 1.29 is 4.79 Å². The monoisotopic (exact) mass is 229 g/mol. The second kappa shape index (κ2) is 4.66. The molecule has 0 bridgehead atoms. The first-order valence-electron chi connectivity index (χ1n) is 4.79. The molecule has 5 heteroatoms. The quantitative estimate of drug-likeness (QED) is 0.731. The standard InChI is InChI=1S/C10H16ClN3O/c1-7-8(5-6-11)9(12-14(7)4)10(15)13(2)3/h5-6H2,1-4H3. The van der Waals surface area contributed by atoms with Crippen LogP contribution in [0.25, 0.3) is 0 Å². The van der Waals surface area contributed by atoms with Gasteiger partial charge < -0.3 is 4.90 Å². The van der Waals surface area contributed by atoms with E-state index in [0.717, 1.165) is 11.3 Å². The van der Waals surface area contributed by atoms with Gasteiger partial charge in [0.2, 0.25) is 0 Å². The van der Waals surface area contributed by atoms with Crippen molar-refractivity contribution in [3.8, 4) is 0 Å². The van der Waals surface area contributed by atoms with Gasteiger partial charge in [0.1, 0.15) is 0 Å². The van der Waals surface area contributed by atoms with Gasteiger partial charge in [0.25, 0.3) is 5.91 Å². The van der Waals surface area contributed by atoms with E-state index in [0.29, 0.717) is 18.0 Å². The second-order valence-corrected chi connectivity index (χ2v) is 4.05. The summed E-state index contributed by atoms with van der Waals surface area (Å²) in [5.41, 5.74) is 2.47. The molecule has 1 rings (SSSR count). The lowest BCUT2D eigenvalue weighted by molar-refractivity contribution is 0.0820. The Balaban J connectivity index is 3.17. The summed E-state index contributed by atoms with van der Waals surface area (Å²) in [7, 11) is 5.27. The predicted molar refractivity (Wildman–Crippen MR) is 60.4 cm³/mol. The molecule has 0 aromatic carbocycles. The van der Waals surface area contributed by atoms with Crippen LogP contribution in [0.4, 0.5) is 0 Å². The van der Waals surface area contributed by atoms with Gasteiger partial charge in [-0.1, -0.05) is 0 Å². The molecule has 1 heterocycles. The van der Waals surface area contributed by atoms with E-state index in [1.807, 2.05) is 14.0 Å². The minimum atomic E-state index is -0.0705. The molecule has 0 radical (unpaired) electrons. The average Bonchev–Trinajstić information content (AvgIpc) is 2.45. The molecule has 0 atom stereocenters. The maximum atomic E-state index is 11.8. The van der Waals surface area contributed by atoms with E-state index < -0.39 is 0 Å². The third-order valence-corrected chi connectivity index (χ3v) is 2.60. The van der Waals surface area contributed by atoms with E-state index in [1.165, 1.54) is 4.90 Å². The highest BCUT2D eigenvalue weighted by molar-refractivity contribution is 6.18. The Hall–Kier alpha value is -1.03. The number of aromatic nitrogens is 2. The fourth-order valence-electron chi connectivity index (χ4n) is 1.43. The van der Waals surface area contributed by atoms with Crippen LogP contribution >= 0.6 is 11.6 Å². The maximum absolute atomic E-state index is 11.8. The number of hydrogen-bond acceptors (Lipinski definition) is 2. The van der Waals surface area contributed by atoms with Gasteiger partial charge in [-0.05, 0) is 13.3 Å². The summed E-state index contributed by atoms with van der Waals surface area (Å²) in [6.07, 6.45) is 0.677. The smallest absolute Gasteiger partial charge is 0.274 e. The van der Waals surface area contributed by atoms with E-state index in [-0.39, 0.29) is 5.91 Å². The molecule has 1 amide bonds. The number of amides is 1. The summed E-state index contributed by atoms with van der Waals surface area (Å²) in [5.74, 6) is 0.430. The first-order valence-corrected chi connectivity index (χ1v) is 5.32. The van der Waals surface area contributed by atoms with Crippen LogP contribution < -0.4 is 0 Å². The van der Waals surface area contributed by atoms with Gasteiger partial charge in [-0.25, -0.2) is 0 Å². The summed E-state index contributed by atoms with van der Waals surface area (Å²) in [6, 6.07) is 0. The van der Waals surface area contributed by atoms with E-state index in [4.69, 9.17) is 11.6 Å². The van der Waals surface area contributed by atoms with Gasteiger partial charge in [0.05, 0.1) is 0 Å².